The van der Waals surface area contributed by atoms with Crippen molar-refractivity contribution in [1.82, 2.24) is 5.32 Å². The van der Waals surface area contributed by atoms with E-state index in [1.165, 1.54) is 212 Å². The quantitative estimate of drug-likeness (QED) is 0.0205. The molecule has 1 amide bonds. The highest BCUT2D eigenvalue weighted by molar-refractivity contribution is 7.47. The third-order valence-electron chi connectivity index (χ3n) is 14.6. The van der Waals surface area contributed by atoms with Crippen LogP contribution >= 0.6 is 7.82 Å². The minimum absolute atomic E-state index is 0.0421. The van der Waals surface area contributed by atoms with Gasteiger partial charge in [-0.05, 0) is 57.4 Å². The van der Waals surface area contributed by atoms with Crippen molar-refractivity contribution in [3.05, 3.63) is 24.3 Å². The van der Waals surface area contributed by atoms with Crippen LogP contribution < -0.4 is 5.32 Å². The van der Waals surface area contributed by atoms with E-state index in [1.54, 1.807) is 0 Å². The molecule has 3 atom stereocenters. The first-order valence-corrected chi connectivity index (χ1v) is 33.7. The maximum Gasteiger partial charge on any atom is 0.472 e. The van der Waals surface area contributed by atoms with Crippen LogP contribution in [0.1, 0.15) is 323 Å². The third kappa shape index (κ3) is 55.3. The molecular weight excluding hydrogens is 940 g/mol. The Hall–Kier alpha value is -1.51. The molecule has 0 saturated carbocycles. The molecule has 0 aliphatic rings. The first-order chi connectivity index (χ1) is 35.9. The summed E-state index contributed by atoms with van der Waals surface area (Å²) in [5, 5.41) is 3.06. The van der Waals surface area contributed by atoms with E-state index < -0.39 is 20.0 Å². The van der Waals surface area contributed by atoms with Crippen molar-refractivity contribution in [1.29, 1.82) is 0 Å². The first-order valence-electron chi connectivity index (χ1n) is 32.2. The number of esters is 1. The molecule has 0 spiro atoms. The number of quaternary nitrogens is 1. The fourth-order valence-corrected chi connectivity index (χ4v) is 10.4. The second-order valence-electron chi connectivity index (χ2n) is 23.3. The second-order valence-corrected chi connectivity index (χ2v) is 24.7. The lowest BCUT2D eigenvalue weighted by Crippen LogP contribution is -2.47. The van der Waals surface area contributed by atoms with Crippen molar-refractivity contribution in [2.45, 2.75) is 335 Å². The van der Waals surface area contributed by atoms with Crippen molar-refractivity contribution in [3.63, 3.8) is 0 Å². The number of hydrogen-bond acceptors (Lipinski definition) is 6. The summed E-state index contributed by atoms with van der Waals surface area (Å²) in [6, 6.07) is -0.846. The molecule has 0 saturated heterocycles. The maximum atomic E-state index is 13.5. The maximum absolute atomic E-state index is 13.5. The fraction of sp³-hybridized carbons (Fsp3) is 0.906. The van der Waals surface area contributed by atoms with Gasteiger partial charge in [-0.15, -0.1) is 0 Å². The largest absolute Gasteiger partial charge is 0.472 e. The van der Waals surface area contributed by atoms with Gasteiger partial charge in [-0.25, -0.2) is 4.57 Å². The molecule has 10 heteroatoms. The Morgan fingerprint density at radius 2 is 0.784 bits per heavy atom. The molecule has 0 aliphatic carbocycles. The SMILES string of the molecule is CCCCCCCCC/C=C/CCCCCCCC(=O)NC(COP(=O)(O)OCC[N+](C)(C)C)C(/C=C/CCCCCCCCCCC)OC(=O)CCCCCCCCCCCCCCCCCCCCCCC. The van der Waals surface area contributed by atoms with Crippen LogP contribution in [0.25, 0.3) is 0 Å². The number of hydrogen-bond donors (Lipinski definition) is 2. The van der Waals surface area contributed by atoms with Gasteiger partial charge in [0.2, 0.25) is 5.91 Å². The number of likely N-dealkylation sites (N-methyl/N-ethyl adjacent to an activating group) is 1. The summed E-state index contributed by atoms with van der Waals surface area (Å²) < 4.78 is 30.7. The number of carbonyl (C=O) groups excluding carboxylic acids is 2. The molecule has 3 unspecified atom stereocenters. The molecule has 9 nitrogen and oxygen atoms in total. The van der Waals surface area contributed by atoms with Gasteiger partial charge < -0.3 is 19.4 Å². The van der Waals surface area contributed by atoms with Crippen LogP contribution in [0, 0.1) is 0 Å². The van der Waals surface area contributed by atoms with Crippen LogP contribution in [-0.2, 0) is 27.9 Å². The lowest BCUT2D eigenvalue weighted by atomic mass is 10.0. The molecule has 0 bridgehead atoms. The van der Waals surface area contributed by atoms with E-state index in [0.29, 0.717) is 23.9 Å². The summed E-state index contributed by atoms with van der Waals surface area (Å²) in [7, 11) is 1.51. The minimum atomic E-state index is -4.44. The molecule has 0 heterocycles. The fourth-order valence-electron chi connectivity index (χ4n) is 9.64. The van der Waals surface area contributed by atoms with Gasteiger partial charge in [0.15, 0.2) is 0 Å². The van der Waals surface area contributed by atoms with Crippen molar-refractivity contribution in [2.75, 3.05) is 40.9 Å². The number of allylic oxidation sites excluding steroid dienone is 3. The molecule has 0 aromatic carbocycles. The normalized spacial score (nSPS) is 13.8. The zero-order valence-corrected chi connectivity index (χ0v) is 51.0. The number of rotatable bonds is 59. The molecule has 0 rings (SSSR count). The van der Waals surface area contributed by atoms with Crippen LogP contribution in [0.15, 0.2) is 24.3 Å². The van der Waals surface area contributed by atoms with Crippen molar-refractivity contribution in [3.8, 4) is 0 Å². The Morgan fingerprint density at radius 3 is 1.15 bits per heavy atom. The van der Waals surface area contributed by atoms with Gasteiger partial charge in [0.05, 0.1) is 33.8 Å². The minimum Gasteiger partial charge on any atom is -0.456 e. The summed E-state index contributed by atoms with van der Waals surface area (Å²) >= 11 is 0. The van der Waals surface area contributed by atoms with E-state index >= 15 is 0 Å². The Balaban J connectivity index is 5.13. The van der Waals surface area contributed by atoms with Gasteiger partial charge in [0.1, 0.15) is 19.3 Å². The smallest absolute Gasteiger partial charge is 0.456 e. The summed E-state index contributed by atoms with van der Waals surface area (Å²) in [6.45, 7) is 7.04. The van der Waals surface area contributed by atoms with Crippen LogP contribution in [0.4, 0.5) is 0 Å². The van der Waals surface area contributed by atoms with E-state index in [0.717, 1.165) is 77.0 Å². The summed E-state index contributed by atoms with van der Waals surface area (Å²) in [6.07, 6.45) is 64.6. The van der Waals surface area contributed by atoms with Crippen molar-refractivity contribution in [2.24, 2.45) is 0 Å². The van der Waals surface area contributed by atoms with E-state index in [-0.39, 0.29) is 25.1 Å². The number of phosphoric ester groups is 1. The predicted octanol–water partition coefficient (Wildman–Crippen LogP) is 19.7. The van der Waals surface area contributed by atoms with E-state index in [4.69, 9.17) is 13.8 Å². The van der Waals surface area contributed by atoms with Gasteiger partial charge in [-0.3, -0.25) is 18.6 Å². The molecule has 0 radical (unpaired) electrons. The molecule has 0 aromatic rings. The van der Waals surface area contributed by atoms with Gasteiger partial charge >= 0.3 is 13.8 Å². The highest BCUT2D eigenvalue weighted by Gasteiger charge is 2.30. The second kappa shape index (κ2) is 54.8. The Bertz CT molecular complexity index is 1320. The third-order valence-corrected chi connectivity index (χ3v) is 15.6. The molecule has 0 aliphatic heterocycles. The summed E-state index contributed by atoms with van der Waals surface area (Å²) in [4.78, 5) is 37.7. The number of carbonyl (C=O) groups is 2. The number of phosphoric acid groups is 1. The highest BCUT2D eigenvalue weighted by atomic mass is 31.2. The Labute approximate surface area is 460 Å². The standard InChI is InChI=1S/C64H125N2O7P/c1-7-10-13-16-19-22-25-27-29-31-32-33-34-35-37-39-42-45-48-51-54-57-64(68)73-62(55-52-49-46-43-40-24-21-18-15-12-9-3)61(60-72-74(69,70)71-59-58-66(4,5)6)65-63(67)56-53-50-47-44-41-38-36-30-28-26-23-20-17-14-11-8-2/h30,36,52,55,61-62H,7-29,31-35,37-51,53-54,56-60H2,1-6H3,(H-,65,67,69,70)/p+1/b36-30+,55-52+. The Kier molecular flexibility index (Phi) is 53.7. The van der Waals surface area contributed by atoms with Gasteiger partial charge in [-0.1, -0.05) is 277 Å². The number of ether oxygens (including phenoxy) is 1. The molecule has 0 aromatic heterocycles. The molecule has 0 fully saturated rings. The van der Waals surface area contributed by atoms with E-state index in [9.17, 15) is 19.0 Å². The zero-order chi connectivity index (χ0) is 54.3. The average molecular weight is 1070 g/mol. The lowest BCUT2D eigenvalue weighted by Gasteiger charge is -2.27. The van der Waals surface area contributed by atoms with Gasteiger partial charge in [0, 0.05) is 12.8 Å². The lowest BCUT2D eigenvalue weighted by molar-refractivity contribution is -0.870. The van der Waals surface area contributed by atoms with Crippen LogP contribution in [0.5, 0.6) is 0 Å². The topological polar surface area (TPSA) is 111 Å². The predicted molar refractivity (Wildman–Crippen MR) is 319 cm³/mol. The molecular formula is C64H126N2O7P+. The van der Waals surface area contributed by atoms with Crippen LogP contribution in [0.3, 0.4) is 0 Å². The van der Waals surface area contributed by atoms with Crippen LogP contribution in [-0.4, -0.2) is 74.3 Å². The van der Waals surface area contributed by atoms with Crippen molar-refractivity contribution >= 4 is 19.7 Å². The molecule has 74 heavy (non-hydrogen) atoms. The first kappa shape index (κ1) is 72.5. The van der Waals surface area contributed by atoms with Crippen molar-refractivity contribution < 1.29 is 37.3 Å². The van der Waals surface area contributed by atoms with Crippen LogP contribution in [0.2, 0.25) is 0 Å². The molecule has 2 N–H and O–H groups in total. The highest BCUT2D eigenvalue weighted by Crippen LogP contribution is 2.43. The monoisotopic (exact) mass is 1070 g/mol. The summed E-state index contributed by atoms with van der Waals surface area (Å²) in [5.74, 6) is -0.498. The zero-order valence-electron chi connectivity index (χ0n) is 50.1. The number of nitrogens with one attached hydrogen (secondary N) is 1. The van der Waals surface area contributed by atoms with E-state index in [1.807, 2.05) is 33.3 Å². The number of unbranched alkanes of at least 4 members (excludes halogenated alkanes) is 41. The number of nitrogens with zero attached hydrogens (tertiary/aromatic N) is 1. The Morgan fingerprint density at radius 1 is 0.459 bits per heavy atom. The van der Waals surface area contributed by atoms with Gasteiger partial charge in [-0.2, -0.15) is 0 Å². The van der Waals surface area contributed by atoms with E-state index in [2.05, 4.69) is 38.2 Å². The average Bonchev–Trinajstić information content (AvgIpc) is 3.36. The van der Waals surface area contributed by atoms with Gasteiger partial charge in [0.25, 0.3) is 0 Å². The molecule has 438 valence electrons. The summed E-state index contributed by atoms with van der Waals surface area (Å²) in [5.41, 5.74) is 0. The number of amides is 1.